The third kappa shape index (κ3) is 5.04. The van der Waals surface area contributed by atoms with Gasteiger partial charge in [-0.2, -0.15) is 0 Å². The third-order valence-electron chi connectivity index (χ3n) is 5.62. The molecular formula is C26H27N3O2S2. The monoisotopic (exact) mass is 477 g/mol. The molecule has 2 aromatic heterocycles. The maximum absolute atomic E-state index is 13.0. The lowest BCUT2D eigenvalue weighted by atomic mass is 9.99. The maximum Gasteiger partial charge on any atom is 0.260 e. The lowest BCUT2D eigenvalue weighted by Gasteiger charge is -2.13. The van der Waals surface area contributed by atoms with Crippen LogP contribution in [0.4, 0.5) is 5.69 Å². The molecule has 170 valence electrons. The molecule has 0 aliphatic carbocycles. The molecule has 2 N–H and O–H groups in total. The van der Waals surface area contributed by atoms with Crippen molar-refractivity contribution in [1.82, 2.24) is 9.97 Å². The smallest absolute Gasteiger partial charge is 0.260 e. The van der Waals surface area contributed by atoms with Crippen molar-refractivity contribution in [2.24, 2.45) is 0 Å². The van der Waals surface area contributed by atoms with Gasteiger partial charge in [0.25, 0.3) is 5.56 Å². The van der Waals surface area contributed by atoms with Gasteiger partial charge in [-0.25, -0.2) is 4.98 Å². The molecule has 7 heteroatoms. The van der Waals surface area contributed by atoms with Gasteiger partial charge in [0.1, 0.15) is 4.83 Å². The molecule has 1 atom stereocenters. The average molecular weight is 478 g/mol. The van der Waals surface area contributed by atoms with Gasteiger partial charge in [0, 0.05) is 16.6 Å². The predicted molar refractivity (Wildman–Crippen MR) is 140 cm³/mol. The number of aryl methyl sites for hydroxylation is 2. The Labute approximate surface area is 201 Å². The van der Waals surface area contributed by atoms with Gasteiger partial charge in [-0.15, -0.1) is 11.3 Å². The molecule has 4 aromatic rings. The van der Waals surface area contributed by atoms with Crippen molar-refractivity contribution >= 4 is 44.9 Å². The average Bonchev–Trinajstić information content (AvgIpc) is 3.21. The molecule has 2 aromatic carbocycles. The van der Waals surface area contributed by atoms with Crippen molar-refractivity contribution in [3.05, 3.63) is 74.9 Å². The first-order valence-electron chi connectivity index (χ1n) is 10.9. The molecule has 0 fully saturated rings. The Morgan fingerprint density at radius 2 is 1.82 bits per heavy atom. The summed E-state index contributed by atoms with van der Waals surface area (Å²) in [5, 5.41) is 5.57. The van der Waals surface area contributed by atoms with E-state index in [0.29, 0.717) is 21.3 Å². The van der Waals surface area contributed by atoms with E-state index in [1.54, 1.807) is 0 Å². The number of hydrogen-bond acceptors (Lipinski definition) is 5. The minimum Gasteiger partial charge on any atom is -0.325 e. The number of nitrogens with one attached hydrogen (secondary N) is 2. The van der Waals surface area contributed by atoms with Gasteiger partial charge in [0.05, 0.1) is 10.6 Å². The number of thioether (sulfide) groups is 1. The van der Waals surface area contributed by atoms with Gasteiger partial charge >= 0.3 is 0 Å². The second-order valence-electron chi connectivity index (χ2n) is 8.55. The van der Waals surface area contributed by atoms with Crippen LogP contribution in [0.25, 0.3) is 21.3 Å². The number of hydrogen-bond donors (Lipinski definition) is 2. The number of anilines is 1. The number of H-pyrrole nitrogens is 1. The molecule has 0 spiro atoms. The highest BCUT2D eigenvalue weighted by Gasteiger charge is 2.19. The number of aromatic nitrogens is 2. The summed E-state index contributed by atoms with van der Waals surface area (Å²) in [4.78, 5) is 33.9. The summed E-state index contributed by atoms with van der Waals surface area (Å²) in [6.07, 6.45) is 0. The molecule has 4 rings (SSSR count). The Bertz CT molecular complexity index is 1370. The van der Waals surface area contributed by atoms with Crippen LogP contribution in [-0.4, -0.2) is 21.1 Å². The van der Waals surface area contributed by atoms with Crippen LogP contribution in [0.3, 0.4) is 0 Å². The molecular weight excluding hydrogens is 450 g/mol. The van der Waals surface area contributed by atoms with E-state index in [9.17, 15) is 9.59 Å². The van der Waals surface area contributed by atoms with E-state index in [0.717, 1.165) is 27.9 Å². The van der Waals surface area contributed by atoms with Gasteiger partial charge in [0.2, 0.25) is 5.91 Å². The molecule has 5 nitrogen and oxygen atoms in total. The standard InChI is InChI=1S/C26H27N3O2S2/c1-14(2)18-8-10-19(11-9-18)20-13-32-25-22(20)24(31)28-26(29-25)33-17(5)23(30)27-21-12-15(3)6-7-16(21)4/h6-14,17H,1-5H3,(H,27,30)(H,28,29,31). The van der Waals surface area contributed by atoms with Gasteiger partial charge in [-0.3, -0.25) is 9.59 Å². The first-order chi connectivity index (χ1) is 15.7. The molecule has 0 bridgehead atoms. The van der Waals surface area contributed by atoms with Crippen molar-refractivity contribution in [2.75, 3.05) is 5.32 Å². The molecule has 2 heterocycles. The van der Waals surface area contributed by atoms with Crippen LogP contribution in [-0.2, 0) is 4.79 Å². The van der Waals surface area contributed by atoms with E-state index in [1.807, 2.05) is 44.4 Å². The van der Waals surface area contributed by atoms with Gasteiger partial charge in [-0.1, -0.05) is 62.0 Å². The van der Waals surface area contributed by atoms with Crippen molar-refractivity contribution in [3.63, 3.8) is 0 Å². The number of thiophene rings is 1. The Hall–Kier alpha value is -2.90. The highest BCUT2D eigenvalue weighted by Crippen LogP contribution is 2.33. The number of amides is 1. The molecule has 0 aliphatic rings. The first-order valence-corrected chi connectivity index (χ1v) is 12.7. The van der Waals surface area contributed by atoms with E-state index < -0.39 is 5.25 Å². The number of benzene rings is 2. The summed E-state index contributed by atoms with van der Waals surface area (Å²) in [6, 6.07) is 14.3. The van der Waals surface area contributed by atoms with Crippen molar-refractivity contribution in [3.8, 4) is 11.1 Å². The summed E-state index contributed by atoms with van der Waals surface area (Å²) >= 11 is 2.69. The van der Waals surface area contributed by atoms with E-state index in [-0.39, 0.29) is 11.5 Å². The molecule has 1 unspecified atom stereocenters. The topological polar surface area (TPSA) is 74.8 Å². The Morgan fingerprint density at radius 3 is 2.52 bits per heavy atom. The molecule has 33 heavy (non-hydrogen) atoms. The number of carbonyl (C=O) groups is 1. The minimum atomic E-state index is -0.423. The Balaban J connectivity index is 1.55. The molecule has 0 saturated carbocycles. The quantitative estimate of drug-likeness (QED) is 0.245. The Morgan fingerprint density at radius 1 is 1.09 bits per heavy atom. The summed E-state index contributed by atoms with van der Waals surface area (Å²) in [7, 11) is 0. The predicted octanol–water partition coefficient (Wildman–Crippen LogP) is 6.51. The van der Waals surface area contributed by atoms with E-state index in [4.69, 9.17) is 0 Å². The summed E-state index contributed by atoms with van der Waals surface area (Å²) < 4.78 is 0. The molecule has 0 aliphatic heterocycles. The first kappa shape index (κ1) is 23.3. The second-order valence-corrected chi connectivity index (χ2v) is 10.7. The highest BCUT2D eigenvalue weighted by molar-refractivity contribution is 8.00. The van der Waals surface area contributed by atoms with Crippen molar-refractivity contribution < 1.29 is 4.79 Å². The highest BCUT2D eigenvalue weighted by atomic mass is 32.2. The van der Waals surface area contributed by atoms with Crippen LogP contribution in [0.1, 0.15) is 43.4 Å². The van der Waals surface area contributed by atoms with Gasteiger partial charge < -0.3 is 10.3 Å². The Kier molecular flexibility index (Phi) is 6.72. The van der Waals surface area contributed by atoms with Crippen LogP contribution in [0.15, 0.2) is 57.8 Å². The summed E-state index contributed by atoms with van der Waals surface area (Å²) in [5.41, 5.74) is 5.85. The number of fused-ring (bicyclic) bond motifs is 1. The van der Waals surface area contributed by atoms with Crippen LogP contribution in [0, 0.1) is 13.8 Å². The zero-order valence-corrected chi connectivity index (χ0v) is 21.0. The van der Waals surface area contributed by atoms with E-state index >= 15 is 0 Å². The summed E-state index contributed by atoms with van der Waals surface area (Å²) in [5.74, 6) is 0.325. The van der Waals surface area contributed by atoms with Crippen molar-refractivity contribution in [2.45, 2.75) is 50.9 Å². The molecule has 1 amide bonds. The summed E-state index contributed by atoms with van der Waals surface area (Å²) in [6.45, 7) is 10.1. The van der Waals surface area contributed by atoms with Crippen LogP contribution < -0.4 is 10.9 Å². The largest absolute Gasteiger partial charge is 0.325 e. The van der Waals surface area contributed by atoms with Crippen molar-refractivity contribution in [1.29, 1.82) is 0 Å². The normalized spacial score (nSPS) is 12.3. The fraction of sp³-hybridized carbons (Fsp3) is 0.269. The fourth-order valence-electron chi connectivity index (χ4n) is 3.57. The zero-order valence-electron chi connectivity index (χ0n) is 19.4. The van der Waals surface area contributed by atoms with E-state index in [2.05, 4.69) is 53.4 Å². The number of aromatic amines is 1. The maximum atomic E-state index is 13.0. The molecule has 0 radical (unpaired) electrons. The number of carbonyl (C=O) groups excluding carboxylic acids is 1. The lowest BCUT2D eigenvalue weighted by Crippen LogP contribution is -2.23. The zero-order chi connectivity index (χ0) is 23.7. The number of rotatable bonds is 6. The van der Waals surface area contributed by atoms with Gasteiger partial charge in [0.15, 0.2) is 5.16 Å². The molecule has 0 saturated heterocycles. The minimum absolute atomic E-state index is 0.131. The lowest BCUT2D eigenvalue weighted by molar-refractivity contribution is -0.115. The third-order valence-corrected chi connectivity index (χ3v) is 7.48. The van der Waals surface area contributed by atoms with E-state index in [1.165, 1.54) is 28.7 Å². The fourth-order valence-corrected chi connectivity index (χ4v) is 5.37. The van der Waals surface area contributed by atoms with Crippen LogP contribution >= 0.6 is 23.1 Å². The number of nitrogens with zero attached hydrogens (tertiary/aromatic N) is 1. The van der Waals surface area contributed by atoms with Gasteiger partial charge in [-0.05, 0) is 55.0 Å². The van der Waals surface area contributed by atoms with Crippen LogP contribution in [0.2, 0.25) is 0 Å². The SMILES string of the molecule is Cc1ccc(C)c(NC(=O)C(C)Sc2nc3scc(-c4ccc(C(C)C)cc4)c3c(=O)[nH]2)c1. The second kappa shape index (κ2) is 9.53. The van der Waals surface area contributed by atoms with Crippen LogP contribution in [0.5, 0.6) is 0 Å².